The first-order valence-electron chi connectivity index (χ1n) is 5.95. The van der Waals surface area contributed by atoms with Crippen LogP contribution in [0.5, 0.6) is 0 Å². The number of urea groups is 1. The molecule has 1 aromatic rings. The van der Waals surface area contributed by atoms with Crippen LogP contribution in [0, 0.1) is 0 Å². The molecule has 0 heterocycles. The Morgan fingerprint density at radius 2 is 2.11 bits per heavy atom. The first-order valence-corrected chi connectivity index (χ1v) is 6.74. The van der Waals surface area contributed by atoms with Gasteiger partial charge >= 0.3 is 6.03 Å². The smallest absolute Gasteiger partial charge is 0.319 e. The van der Waals surface area contributed by atoms with Gasteiger partial charge in [-0.25, -0.2) is 4.79 Å². The van der Waals surface area contributed by atoms with Crippen LogP contribution >= 0.6 is 15.9 Å². The van der Waals surface area contributed by atoms with Crippen LogP contribution in [-0.2, 0) is 0 Å². The summed E-state index contributed by atoms with van der Waals surface area (Å²) in [5, 5.41) is 14.7. The minimum Gasteiger partial charge on any atom is -0.396 e. The number of amides is 2. The quantitative estimate of drug-likeness (QED) is 0.782. The molecule has 100 valence electrons. The van der Waals surface area contributed by atoms with Crippen molar-refractivity contribution < 1.29 is 9.90 Å². The van der Waals surface area contributed by atoms with Crippen molar-refractivity contribution in [2.45, 2.75) is 32.2 Å². The SMILES string of the molecule is CCC(C)(CCO)NC(=O)Nc1ccccc1Br. The molecule has 1 atom stereocenters. The molecule has 5 heteroatoms. The Hall–Kier alpha value is -1.07. The number of carbonyl (C=O) groups excluding carboxylic acids is 1. The summed E-state index contributed by atoms with van der Waals surface area (Å²) in [6.45, 7) is 3.96. The van der Waals surface area contributed by atoms with Crippen LogP contribution in [0.15, 0.2) is 28.7 Å². The van der Waals surface area contributed by atoms with E-state index in [0.717, 1.165) is 16.6 Å². The van der Waals surface area contributed by atoms with Crippen LogP contribution in [-0.4, -0.2) is 23.3 Å². The Labute approximate surface area is 116 Å². The molecule has 3 N–H and O–H groups in total. The number of aliphatic hydroxyl groups is 1. The van der Waals surface area contributed by atoms with Crippen molar-refractivity contribution in [2.75, 3.05) is 11.9 Å². The molecule has 1 aromatic carbocycles. The lowest BCUT2D eigenvalue weighted by Gasteiger charge is -2.29. The van der Waals surface area contributed by atoms with Crippen molar-refractivity contribution in [3.63, 3.8) is 0 Å². The van der Waals surface area contributed by atoms with Gasteiger partial charge in [0.25, 0.3) is 0 Å². The number of aliphatic hydroxyl groups excluding tert-OH is 1. The van der Waals surface area contributed by atoms with E-state index in [1.807, 2.05) is 38.1 Å². The maximum absolute atomic E-state index is 11.9. The Morgan fingerprint density at radius 1 is 1.44 bits per heavy atom. The van der Waals surface area contributed by atoms with Crippen LogP contribution < -0.4 is 10.6 Å². The molecule has 2 amide bonds. The highest BCUT2D eigenvalue weighted by atomic mass is 79.9. The van der Waals surface area contributed by atoms with E-state index in [1.165, 1.54) is 0 Å². The third kappa shape index (κ3) is 4.31. The van der Waals surface area contributed by atoms with Crippen LogP contribution in [0.1, 0.15) is 26.7 Å². The van der Waals surface area contributed by atoms with Gasteiger partial charge < -0.3 is 15.7 Å². The van der Waals surface area contributed by atoms with Crippen LogP contribution in [0.25, 0.3) is 0 Å². The second-order valence-corrected chi connectivity index (χ2v) is 5.30. The Bertz CT molecular complexity index is 412. The van der Waals surface area contributed by atoms with Gasteiger partial charge in [0.15, 0.2) is 0 Å². The minimum absolute atomic E-state index is 0.0552. The second-order valence-electron chi connectivity index (χ2n) is 4.45. The van der Waals surface area contributed by atoms with Gasteiger partial charge in [-0.1, -0.05) is 19.1 Å². The molecular weight excluding hydrogens is 296 g/mol. The fourth-order valence-corrected chi connectivity index (χ4v) is 1.95. The average Bonchev–Trinajstić information content (AvgIpc) is 2.32. The number of carbonyl (C=O) groups is 1. The van der Waals surface area contributed by atoms with Crippen LogP contribution in [0.2, 0.25) is 0 Å². The molecule has 0 aromatic heterocycles. The summed E-state index contributed by atoms with van der Waals surface area (Å²) in [6.07, 6.45) is 1.30. The number of nitrogens with one attached hydrogen (secondary N) is 2. The number of hydrogen-bond acceptors (Lipinski definition) is 2. The van der Waals surface area contributed by atoms with Crippen LogP contribution in [0.3, 0.4) is 0 Å². The number of halogens is 1. The van der Waals surface area contributed by atoms with E-state index in [1.54, 1.807) is 0 Å². The molecule has 0 bridgehead atoms. The van der Waals surface area contributed by atoms with E-state index >= 15 is 0 Å². The van der Waals surface area contributed by atoms with Crippen molar-refractivity contribution in [3.8, 4) is 0 Å². The highest BCUT2D eigenvalue weighted by Crippen LogP contribution is 2.21. The molecule has 0 saturated heterocycles. The predicted molar refractivity (Wildman–Crippen MR) is 76.7 cm³/mol. The van der Waals surface area contributed by atoms with Crippen molar-refractivity contribution in [1.29, 1.82) is 0 Å². The molecule has 0 radical (unpaired) electrons. The summed E-state index contributed by atoms with van der Waals surface area (Å²) < 4.78 is 0.834. The van der Waals surface area contributed by atoms with Gasteiger partial charge in [0.1, 0.15) is 0 Å². The monoisotopic (exact) mass is 314 g/mol. The molecule has 0 fully saturated rings. The molecule has 0 aliphatic rings. The van der Waals surface area contributed by atoms with Gasteiger partial charge in [0.05, 0.1) is 5.69 Å². The van der Waals surface area contributed by atoms with Crippen molar-refractivity contribution >= 4 is 27.6 Å². The number of benzene rings is 1. The summed E-state index contributed by atoms with van der Waals surface area (Å²) in [5.74, 6) is 0. The highest BCUT2D eigenvalue weighted by molar-refractivity contribution is 9.10. The third-order valence-electron chi connectivity index (χ3n) is 2.98. The normalized spacial score (nSPS) is 13.8. The molecule has 18 heavy (non-hydrogen) atoms. The van der Waals surface area contributed by atoms with E-state index in [-0.39, 0.29) is 18.2 Å². The molecule has 0 aliphatic heterocycles. The predicted octanol–water partition coefficient (Wildman–Crippen LogP) is 3.12. The van der Waals surface area contributed by atoms with Crippen molar-refractivity contribution in [1.82, 2.24) is 5.32 Å². The average molecular weight is 315 g/mol. The molecule has 0 aliphatic carbocycles. The fraction of sp³-hybridized carbons (Fsp3) is 0.462. The lowest BCUT2D eigenvalue weighted by atomic mass is 9.95. The van der Waals surface area contributed by atoms with E-state index < -0.39 is 0 Å². The summed E-state index contributed by atoms with van der Waals surface area (Å²) in [6, 6.07) is 7.16. The zero-order chi connectivity index (χ0) is 13.6. The fourth-order valence-electron chi connectivity index (χ4n) is 1.56. The van der Waals surface area contributed by atoms with Gasteiger partial charge in [-0.15, -0.1) is 0 Å². The zero-order valence-electron chi connectivity index (χ0n) is 10.7. The maximum atomic E-state index is 11.9. The number of rotatable bonds is 5. The first-order chi connectivity index (χ1) is 8.50. The van der Waals surface area contributed by atoms with Gasteiger partial charge in [0.2, 0.25) is 0 Å². The van der Waals surface area contributed by atoms with E-state index in [2.05, 4.69) is 26.6 Å². The molecular formula is C13H19BrN2O2. The zero-order valence-corrected chi connectivity index (χ0v) is 12.3. The van der Waals surface area contributed by atoms with Gasteiger partial charge in [-0.05, 0) is 47.8 Å². The van der Waals surface area contributed by atoms with Gasteiger partial charge in [-0.3, -0.25) is 0 Å². The van der Waals surface area contributed by atoms with Gasteiger partial charge in [-0.2, -0.15) is 0 Å². The van der Waals surface area contributed by atoms with Crippen LogP contribution in [0.4, 0.5) is 10.5 Å². The number of hydrogen-bond donors (Lipinski definition) is 3. The van der Waals surface area contributed by atoms with E-state index in [0.29, 0.717) is 6.42 Å². The standard InChI is InChI=1S/C13H19BrN2O2/c1-3-13(2,8-9-17)16-12(18)15-11-7-5-4-6-10(11)14/h4-7,17H,3,8-9H2,1-2H3,(H2,15,16,18). The number of anilines is 1. The summed E-state index contributed by atoms with van der Waals surface area (Å²) >= 11 is 3.37. The lowest BCUT2D eigenvalue weighted by Crippen LogP contribution is -2.48. The minimum atomic E-state index is -0.389. The summed E-state index contributed by atoms with van der Waals surface area (Å²) in [5.41, 5.74) is 0.331. The largest absolute Gasteiger partial charge is 0.396 e. The highest BCUT2D eigenvalue weighted by Gasteiger charge is 2.23. The van der Waals surface area contributed by atoms with E-state index in [9.17, 15) is 4.79 Å². The topological polar surface area (TPSA) is 61.4 Å². The third-order valence-corrected chi connectivity index (χ3v) is 3.67. The molecule has 4 nitrogen and oxygen atoms in total. The Morgan fingerprint density at radius 3 is 2.67 bits per heavy atom. The molecule has 1 rings (SSSR count). The molecule has 1 unspecified atom stereocenters. The first kappa shape index (κ1) is 15.0. The second kappa shape index (κ2) is 6.75. The summed E-state index contributed by atoms with van der Waals surface area (Å²) in [7, 11) is 0. The molecule has 0 spiro atoms. The summed E-state index contributed by atoms with van der Waals surface area (Å²) in [4.78, 5) is 11.9. The Balaban J connectivity index is 2.64. The van der Waals surface area contributed by atoms with Crippen molar-refractivity contribution in [3.05, 3.63) is 28.7 Å². The Kier molecular flexibility index (Phi) is 5.62. The van der Waals surface area contributed by atoms with Crippen molar-refractivity contribution in [2.24, 2.45) is 0 Å². The number of para-hydroxylation sites is 1. The van der Waals surface area contributed by atoms with Gasteiger partial charge in [0, 0.05) is 16.6 Å². The molecule has 0 saturated carbocycles. The van der Waals surface area contributed by atoms with E-state index in [4.69, 9.17) is 5.11 Å². The lowest BCUT2D eigenvalue weighted by molar-refractivity contribution is 0.208. The maximum Gasteiger partial charge on any atom is 0.319 e.